The van der Waals surface area contributed by atoms with E-state index in [1.54, 1.807) is 0 Å². The molecule has 0 aliphatic heterocycles. The molecular formula is C10H21N3O2. The van der Waals surface area contributed by atoms with E-state index in [0.717, 1.165) is 31.6 Å². The number of nitrogens with zero attached hydrogens (tertiary/aromatic N) is 1. The standard InChI is InChI=1S/C10H21N3O2/c1-9(2)4-3-5-11-6-7-12-10(14)8-13-15/h8-9,11,15H,3-7H2,1-2H3,(H,12,14)/b13-8+. The molecule has 0 saturated heterocycles. The molecule has 5 nitrogen and oxygen atoms in total. The highest BCUT2D eigenvalue weighted by Gasteiger charge is 1.95. The second kappa shape index (κ2) is 9.45. The first kappa shape index (κ1) is 13.9. The van der Waals surface area contributed by atoms with Gasteiger partial charge >= 0.3 is 0 Å². The average Bonchev–Trinajstić information content (AvgIpc) is 2.16. The van der Waals surface area contributed by atoms with Gasteiger partial charge in [0.1, 0.15) is 6.21 Å². The maximum atomic E-state index is 10.8. The quantitative estimate of drug-likeness (QED) is 0.240. The van der Waals surface area contributed by atoms with Crippen molar-refractivity contribution in [2.75, 3.05) is 19.6 Å². The largest absolute Gasteiger partial charge is 0.411 e. The topological polar surface area (TPSA) is 73.7 Å². The first-order valence-corrected chi connectivity index (χ1v) is 5.32. The molecule has 0 radical (unpaired) electrons. The van der Waals surface area contributed by atoms with E-state index in [1.165, 1.54) is 6.42 Å². The number of carbonyl (C=O) groups is 1. The molecule has 15 heavy (non-hydrogen) atoms. The summed E-state index contributed by atoms with van der Waals surface area (Å²) in [4.78, 5) is 10.8. The molecule has 0 bridgehead atoms. The van der Waals surface area contributed by atoms with Crippen molar-refractivity contribution >= 4 is 12.1 Å². The number of oxime groups is 1. The van der Waals surface area contributed by atoms with Gasteiger partial charge < -0.3 is 15.8 Å². The van der Waals surface area contributed by atoms with E-state index in [-0.39, 0.29) is 5.91 Å². The summed E-state index contributed by atoms with van der Waals surface area (Å²) in [5.41, 5.74) is 0. The van der Waals surface area contributed by atoms with E-state index < -0.39 is 0 Å². The lowest BCUT2D eigenvalue weighted by atomic mass is 10.1. The van der Waals surface area contributed by atoms with Gasteiger partial charge in [-0.15, -0.1) is 0 Å². The lowest BCUT2D eigenvalue weighted by Gasteiger charge is -2.06. The van der Waals surface area contributed by atoms with Gasteiger partial charge in [0.05, 0.1) is 0 Å². The van der Waals surface area contributed by atoms with Crippen molar-refractivity contribution in [1.29, 1.82) is 0 Å². The van der Waals surface area contributed by atoms with Crippen LogP contribution in [0.25, 0.3) is 0 Å². The van der Waals surface area contributed by atoms with E-state index >= 15 is 0 Å². The maximum absolute atomic E-state index is 10.8. The second-order valence-corrected chi connectivity index (χ2v) is 3.82. The molecule has 0 aliphatic rings. The van der Waals surface area contributed by atoms with Crippen molar-refractivity contribution < 1.29 is 10.0 Å². The SMILES string of the molecule is CC(C)CCCNCCNC(=O)/C=N/O. The molecule has 0 heterocycles. The molecule has 1 amide bonds. The van der Waals surface area contributed by atoms with E-state index in [4.69, 9.17) is 5.21 Å². The Bertz CT molecular complexity index is 193. The summed E-state index contributed by atoms with van der Waals surface area (Å²) in [7, 11) is 0. The summed E-state index contributed by atoms with van der Waals surface area (Å²) in [6.07, 6.45) is 3.22. The Balaban J connectivity index is 3.15. The predicted octanol–water partition coefficient (Wildman–Crippen LogP) is 0.588. The minimum atomic E-state index is -0.374. The number of hydrogen-bond acceptors (Lipinski definition) is 4. The number of rotatable bonds is 8. The van der Waals surface area contributed by atoms with Gasteiger partial charge in [-0.25, -0.2) is 0 Å². The van der Waals surface area contributed by atoms with Crippen LogP contribution in [0.2, 0.25) is 0 Å². The zero-order chi connectivity index (χ0) is 11.5. The maximum Gasteiger partial charge on any atom is 0.265 e. The summed E-state index contributed by atoms with van der Waals surface area (Å²) in [6.45, 7) is 6.67. The summed E-state index contributed by atoms with van der Waals surface area (Å²) in [5.74, 6) is 0.369. The number of carbonyl (C=O) groups excluding carboxylic acids is 1. The molecule has 0 fully saturated rings. The van der Waals surface area contributed by atoms with Gasteiger partial charge in [0.15, 0.2) is 0 Å². The van der Waals surface area contributed by atoms with Gasteiger partial charge in [-0.1, -0.05) is 19.0 Å². The van der Waals surface area contributed by atoms with Crippen molar-refractivity contribution in [3.8, 4) is 0 Å². The van der Waals surface area contributed by atoms with Gasteiger partial charge in [0, 0.05) is 13.1 Å². The molecule has 0 unspecified atom stereocenters. The van der Waals surface area contributed by atoms with Crippen LogP contribution in [0.3, 0.4) is 0 Å². The van der Waals surface area contributed by atoms with Crippen LogP contribution in [-0.4, -0.2) is 37.0 Å². The van der Waals surface area contributed by atoms with Gasteiger partial charge in [-0.3, -0.25) is 4.79 Å². The monoisotopic (exact) mass is 215 g/mol. The fourth-order valence-corrected chi connectivity index (χ4v) is 1.13. The first-order valence-electron chi connectivity index (χ1n) is 5.32. The highest BCUT2D eigenvalue weighted by Crippen LogP contribution is 2.01. The summed E-state index contributed by atoms with van der Waals surface area (Å²) in [6, 6.07) is 0. The Kier molecular flexibility index (Phi) is 8.76. The fourth-order valence-electron chi connectivity index (χ4n) is 1.13. The first-order chi connectivity index (χ1) is 7.16. The Morgan fingerprint density at radius 2 is 2.13 bits per heavy atom. The molecule has 0 aromatic rings. The molecular weight excluding hydrogens is 194 g/mol. The van der Waals surface area contributed by atoms with Crippen molar-refractivity contribution in [3.63, 3.8) is 0 Å². The van der Waals surface area contributed by atoms with Gasteiger partial charge in [0.25, 0.3) is 5.91 Å². The van der Waals surface area contributed by atoms with Crippen LogP contribution in [-0.2, 0) is 4.79 Å². The van der Waals surface area contributed by atoms with Crippen molar-refractivity contribution in [3.05, 3.63) is 0 Å². The Morgan fingerprint density at radius 3 is 2.73 bits per heavy atom. The van der Waals surface area contributed by atoms with Crippen LogP contribution in [0.15, 0.2) is 5.16 Å². The molecule has 0 aliphatic carbocycles. The molecule has 0 spiro atoms. The van der Waals surface area contributed by atoms with Gasteiger partial charge in [-0.05, 0) is 25.3 Å². The average molecular weight is 215 g/mol. The normalized spacial score (nSPS) is 11.1. The third-order valence-corrected chi connectivity index (χ3v) is 1.91. The van der Waals surface area contributed by atoms with Crippen molar-refractivity contribution in [1.82, 2.24) is 10.6 Å². The summed E-state index contributed by atoms with van der Waals surface area (Å²) >= 11 is 0. The molecule has 0 atom stereocenters. The minimum absolute atomic E-state index is 0.374. The van der Waals surface area contributed by atoms with E-state index in [2.05, 4.69) is 29.6 Å². The van der Waals surface area contributed by atoms with Crippen LogP contribution >= 0.6 is 0 Å². The Hall–Kier alpha value is -1.10. The molecule has 0 saturated carbocycles. The second-order valence-electron chi connectivity index (χ2n) is 3.82. The van der Waals surface area contributed by atoms with E-state index in [0.29, 0.717) is 6.54 Å². The fraction of sp³-hybridized carbons (Fsp3) is 0.800. The number of nitrogens with one attached hydrogen (secondary N) is 2. The molecule has 0 aromatic carbocycles. The van der Waals surface area contributed by atoms with E-state index in [9.17, 15) is 4.79 Å². The Morgan fingerprint density at radius 1 is 1.40 bits per heavy atom. The van der Waals surface area contributed by atoms with Gasteiger partial charge in [-0.2, -0.15) is 0 Å². The highest BCUT2D eigenvalue weighted by atomic mass is 16.4. The smallest absolute Gasteiger partial charge is 0.265 e. The number of amides is 1. The van der Waals surface area contributed by atoms with E-state index in [1.807, 2.05) is 0 Å². The van der Waals surface area contributed by atoms with Crippen LogP contribution in [0.5, 0.6) is 0 Å². The predicted molar refractivity (Wildman–Crippen MR) is 60.2 cm³/mol. The zero-order valence-electron chi connectivity index (χ0n) is 9.49. The molecule has 0 aromatic heterocycles. The van der Waals surface area contributed by atoms with Crippen LogP contribution < -0.4 is 10.6 Å². The third kappa shape index (κ3) is 10.8. The van der Waals surface area contributed by atoms with Crippen LogP contribution in [0, 0.1) is 5.92 Å². The molecule has 88 valence electrons. The summed E-state index contributed by atoms with van der Waals surface area (Å²) < 4.78 is 0. The number of hydrogen-bond donors (Lipinski definition) is 3. The lowest BCUT2D eigenvalue weighted by Crippen LogP contribution is -2.32. The van der Waals surface area contributed by atoms with Crippen LogP contribution in [0.4, 0.5) is 0 Å². The minimum Gasteiger partial charge on any atom is -0.411 e. The zero-order valence-corrected chi connectivity index (χ0v) is 9.49. The van der Waals surface area contributed by atoms with Crippen molar-refractivity contribution in [2.45, 2.75) is 26.7 Å². The van der Waals surface area contributed by atoms with Gasteiger partial charge in [0.2, 0.25) is 0 Å². The highest BCUT2D eigenvalue weighted by molar-refractivity contribution is 6.25. The van der Waals surface area contributed by atoms with Crippen LogP contribution in [0.1, 0.15) is 26.7 Å². The lowest BCUT2D eigenvalue weighted by molar-refractivity contribution is -0.114. The summed E-state index contributed by atoms with van der Waals surface area (Å²) in [5, 5.41) is 16.5. The van der Waals surface area contributed by atoms with Crippen molar-refractivity contribution in [2.24, 2.45) is 11.1 Å². The Labute approximate surface area is 90.9 Å². The molecule has 5 heteroatoms. The molecule has 3 N–H and O–H groups in total. The molecule has 0 rings (SSSR count). The third-order valence-electron chi connectivity index (χ3n) is 1.91.